The molecule has 0 aliphatic rings. The molecule has 0 amide bonds. The van der Waals surface area contributed by atoms with Gasteiger partial charge < -0.3 is 12.9 Å². The molecule has 4 heteroatoms. The molecular weight excluding hydrogens is 284 g/mol. The smallest absolute Gasteiger partial charge is 0.448 e. The molecule has 0 N–H and O–H groups in total. The summed E-state index contributed by atoms with van der Waals surface area (Å²) in [6, 6.07) is 17.6. The maximum absolute atomic E-state index is 13.8. The summed E-state index contributed by atoms with van der Waals surface area (Å²) in [5.41, 5.74) is 1.26. The molecule has 0 heterocycles. The fourth-order valence-electron chi connectivity index (χ4n) is 2.76. The molecule has 2 aromatic rings. The van der Waals surface area contributed by atoms with Crippen molar-refractivity contribution in [2.45, 2.75) is 25.1 Å². The highest BCUT2D eigenvalue weighted by atomic mass is 19.4. The van der Waals surface area contributed by atoms with Gasteiger partial charge in [0, 0.05) is 0 Å². The quantitative estimate of drug-likeness (QED) is 0.589. The summed E-state index contributed by atoms with van der Waals surface area (Å²) in [6.07, 6.45) is 3.40. The van der Waals surface area contributed by atoms with Crippen LogP contribution in [0.4, 0.5) is 12.9 Å². The molecule has 2 rings (SSSR count). The van der Waals surface area contributed by atoms with Crippen LogP contribution in [0.15, 0.2) is 66.7 Å². The Balaban J connectivity index is 2.32. The Bertz CT molecular complexity index is 605. The number of rotatable bonds is 6. The second kappa shape index (κ2) is 6.86. The highest BCUT2D eigenvalue weighted by Gasteiger charge is 2.48. The molecule has 0 bridgehead atoms. The molecule has 0 radical (unpaired) electrons. The lowest BCUT2D eigenvalue weighted by atomic mass is 9.51. The molecule has 0 fully saturated rings. The molecule has 22 heavy (non-hydrogen) atoms. The highest BCUT2D eigenvalue weighted by Crippen LogP contribution is 2.43. The summed E-state index contributed by atoms with van der Waals surface area (Å²) in [7, 11) is 0. The molecule has 0 saturated carbocycles. The molecule has 1 atom stereocenters. The third-order valence-corrected chi connectivity index (χ3v) is 4.20. The summed E-state index contributed by atoms with van der Waals surface area (Å²) in [5, 5.41) is -1.77. The van der Waals surface area contributed by atoms with Crippen molar-refractivity contribution in [1.82, 2.24) is 0 Å². The van der Waals surface area contributed by atoms with Gasteiger partial charge in [-0.1, -0.05) is 91.7 Å². The van der Waals surface area contributed by atoms with Crippen molar-refractivity contribution < 1.29 is 12.9 Å². The van der Waals surface area contributed by atoms with Crippen LogP contribution in [0.2, 0.25) is 0 Å². The summed E-state index contributed by atoms with van der Waals surface area (Å²) in [4.78, 5) is 0. The first-order valence-corrected chi connectivity index (χ1v) is 7.46. The number of benzene rings is 2. The molecule has 116 valence electrons. The molecule has 0 aliphatic carbocycles. The lowest BCUT2D eigenvalue weighted by molar-refractivity contribution is 0.356. The summed E-state index contributed by atoms with van der Waals surface area (Å²) < 4.78 is 41.4. The molecular formula is C18H19BF3-. The van der Waals surface area contributed by atoms with Gasteiger partial charge >= 0.3 is 6.98 Å². The molecule has 0 unspecified atom stereocenters. The Morgan fingerprint density at radius 3 is 1.95 bits per heavy atom. The Kier molecular flexibility index (Phi) is 5.12. The van der Waals surface area contributed by atoms with Gasteiger partial charge in [0.2, 0.25) is 0 Å². The van der Waals surface area contributed by atoms with Gasteiger partial charge in [0.05, 0.1) is 0 Å². The van der Waals surface area contributed by atoms with Gasteiger partial charge in [-0.2, -0.15) is 0 Å². The molecule has 0 saturated heterocycles. The third-order valence-electron chi connectivity index (χ3n) is 4.20. The highest BCUT2D eigenvalue weighted by molar-refractivity contribution is 6.62. The van der Waals surface area contributed by atoms with Crippen molar-refractivity contribution in [2.24, 2.45) is 0 Å². The molecule has 0 spiro atoms. The number of hydrogen-bond acceptors (Lipinski definition) is 0. The molecule has 0 nitrogen and oxygen atoms in total. The average molecular weight is 303 g/mol. The van der Waals surface area contributed by atoms with Gasteiger partial charge in [0.1, 0.15) is 0 Å². The zero-order chi connectivity index (χ0) is 16.1. The van der Waals surface area contributed by atoms with E-state index in [1.807, 2.05) is 30.3 Å². The monoisotopic (exact) mass is 303 g/mol. The Morgan fingerprint density at radius 2 is 1.45 bits per heavy atom. The van der Waals surface area contributed by atoms with E-state index in [1.54, 1.807) is 49.4 Å². The fourth-order valence-corrected chi connectivity index (χ4v) is 2.76. The SMILES string of the molecule is CC[C@@](C/C=C/c1ccccc1)(c1ccccc1)[B-](F)(F)F. The minimum atomic E-state index is -5.00. The predicted molar refractivity (Wildman–Crippen MR) is 87.6 cm³/mol. The van der Waals surface area contributed by atoms with Crippen LogP contribution in [0.3, 0.4) is 0 Å². The average Bonchev–Trinajstić information content (AvgIpc) is 2.52. The van der Waals surface area contributed by atoms with Gasteiger partial charge in [-0.05, 0) is 17.3 Å². The first-order chi connectivity index (χ1) is 10.5. The maximum atomic E-state index is 13.8. The van der Waals surface area contributed by atoms with Gasteiger partial charge in [0.15, 0.2) is 0 Å². The second-order valence-corrected chi connectivity index (χ2v) is 5.47. The normalized spacial score (nSPS) is 14.9. The van der Waals surface area contributed by atoms with Crippen molar-refractivity contribution >= 4 is 13.1 Å². The summed E-state index contributed by atoms with van der Waals surface area (Å²) in [5.74, 6) is 0. The van der Waals surface area contributed by atoms with E-state index >= 15 is 0 Å². The van der Waals surface area contributed by atoms with Crippen molar-refractivity contribution in [3.8, 4) is 0 Å². The largest absolute Gasteiger partial charge is 0.489 e. The van der Waals surface area contributed by atoms with E-state index < -0.39 is 12.3 Å². The molecule has 0 aromatic heterocycles. The van der Waals surface area contributed by atoms with E-state index in [9.17, 15) is 12.9 Å². The van der Waals surface area contributed by atoms with Crippen LogP contribution >= 0.6 is 0 Å². The van der Waals surface area contributed by atoms with E-state index in [0.717, 1.165) is 5.56 Å². The van der Waals surface area contributed by atoms with E-state index in [-0.39, 0.29) is 12.8 Å². The van der Waals surface area contributed by atoms with E-state index in [0.29, 0.717) is 5.56 Å². The van der Waals surface area contributed by atoms with Crippen LogP contribution in [0.5, 0.6) is 0 Å². The summed E-state index contributed by atoms with van der Waals surface area (Å²) in [6.45, 7) is -3.39. The van der Waals surface area contributed by atoms with Gasteiger partial charge in [-0.15, -0.1) is 0 Å². The Morgan fingerprint density at radius 1 is 0.909 bits per heavy atom. The lowest BCUT2D eigenvalue weighted by Crippen LogP contribution is -2.46. The minimum absolute atomic E-state index is 0.0358. The first-order valence-electron chi connectivity index (χ1n) is 7.46. The van der Waals surface area contributed by atoms with Crippen LogP contribution in [0.25, 0.3) is 6.08 Å². The van der Waals surface area contributed by atoms with Gasteiger partial charge in [-0.25, -0.2) is 0 Å². The second-order valence-electron chi connectivity index (χ2n) is 5.47. The summed E-state index contributed by atoms with van der Waals surface area (Å²) >= 11 is 0. The zero-order valence-corrected chi connectivity index (χ0v) is 12.6. The van der Waals surface area contributed by atoms with Crippen LogP contribution < -0.4 is 0 Å². The Labute approximate surface area is 129 Å². The fraction of sp³-hybridized carbons (Fsp3) is 0.222. The van der Waals surface area contributed by atoms with Crippen LogP contribution in [-0.2, 0) is 5.31 Å². The predicted octanol–water partition coefficient (Wildman–Crippen LogP) is 5.82. The number of halogens is 3. The van der Waals surface area contributed by atoms with Crippen molar-refractivity contribution in [3.63, 3.8) is 0 Å². The lowest BCUT2D eigenvalue weighted by Gasteiger charge is -2.41. The number of allylic oxidation sites excluding steroid dienone is 1. The number of hydrogen-bond donors (Lipinski definition) is 0. The zero-order valence-electron chi connectivity index (χ0n) is 12.6. The van der Waals surface area contributed by atoms with Crippen LogP contribution in [0, 0.1) is 0 Å². The van der Waals surface area contributed by atoms with E-state index in [1.165, 1.54) is 0 Å². The molecule has 2 aromatic carbocycles. The third kappa shape index (κ3) is 3.43. The van der Waals surface area contributed by atoms with Crippen molar-refractivity contribution in [1.29, 1.82) is 0 Å². The molecule has 0 aliphatic heterocycles. The van der Waals surface area contributed by atoms with Crippen LogP contribution in [0.1, 0.15) is 30.9 Å². The van der Waals surface area contributed by atoms with Crippen molar-refractivity contribution in [2.75, 3.05) is 0 Å². The first kappa shape index (κ1) is 16.4. The maximum Gasteiger partial charge on any atom is 0.489 e. The van der Waals surface area contributed by atoms with Gasteiger partial charge in [0.25, 0.3) is 0 Å². The van der Waals surface area contributed by atoms with E-state index in [2.05, 4.69) is 0 Å². The minimum Gasteiger partial charge on any atom is -0.448 e. The standard InChI is InChI=1S/C18H19BF3/c1-2-18(19(20,21)22,17-13-7-4-8-14-17)15-9-12-16-10-5-3-6-11-16/h3-14H,2,15H2,1H3/q-1/b12-9+/t18-/m1/s1. The van der Waals surface area contributed by atoms with Gasteiger partial charge in [-0.3, -0.25) is 0 Å². The van der Waals surface area contributed by atoms with Crippen molar-refractivity contribution in [3.05, 3.63) is 77.9 Å². The topological polar surface area (TPSA) is 0 Å². The van der Waals surface area contributed by atoms with E-state index in [4.69, 9.17) is 0 Å². The van der Waals surface area contributed by atoms with Crippen LogP contribution in [-0.4, -0.2) is 6.98 Å². The Hall–Kier alpha value is -1.97.